The molecule has 1 N–H and O–H groups in total. The van der Waals surface area contributed by atoms with Gasteiger partial charge in [0.25, 0.3) is 0 Å². The maximum atomic E-state index is 13.6. The normalized spacial score (nSPS) is 12.1. The Kier molecular flexibility index (Phi) is 4.17. The molecule has 0 spiro atoms. The first-order valence-electron chi connectivity index (χ1n) is 6.06. The highest BCUT2D eigenvalue weighted by Crippen LogP contribution is 2.26. The molecule has 2 aromatic rings. The SMILES string of the molecule is COc1cc(NC(C)c2ccc(F)cc2F)ccc1F. The van der Waals surface area contributed by atoms with Gasteiger partial charge in [-0.3, -0.25) is 0 Å². The van der Waals surface area contributed by atoms with Gasteiger partial charge in [-0.05, 0) is 25.1 Å². The number of rotatable bonds is 4. The van der Waals surface area contributed by atoms with Crippen LogP contribution in [0, 0.1) is 17.5 Å². The lowest BCUT2D eigenvalue weighted by molar-refractivity contribution is 0.387. The Labute approximate surface area is 115 Å². The first-order chi connectivity index (χ1) is 9.51. The van der Waals surface area contributed by atoms with Gasteiger partial charge in [0.15, 0.2) is 11.6 Å². The molecule has 0 saturated carbocycles. The van der Waals surface area contributed by atoms with Gasteiger partial charge in [0.05, 0.1) is 13.2 Å². The number of nitrogens with one attached hydrogen (secondary N) is 1. The van der Waals surface area contributed by atoms with Gasteiger partial charge in [0.1, 0.15) is 11.6 Å². The molecule has 0 radical (unpaired) electrons. The predicted octanol–water partition coefficient (Wildman–Crippen LogP) is 4.29. The highest BCUT2D eigenvalue weighted by Gasteiger charge is 2.12. The summed E-state index contributed by atoms with van der Waals surface area (Å²) in [6.07, 6.45) is 0. The molecule has 2 aromatic carbocycles. The highest BCUT2D eigenvalue weighted by molar-refractivity contribution is 5.50. The van der Waals surface area contributed by atoms with Crippen LogP contribution in [0.15, 0.2) is 36.4 Å². The van der Waals surface area contributed by atoms with Crippen molar-refractivity contribution < 1.29 is 17.9 Å². The topological polar surface area (TPSA) is 21.3 Å². The van der Waals surface area contributed by atoms with Crippen LogP contribution in [0.25, 0.3) is 0 Å². The Bertz CT molecular complexity index is 616. The summed E-state index contributed by atoms with van der Waals surface area (Å²) in [5.41, 5.74) is 0.911. The molecule has 0 amide bonds. The fraction of sp³-hybridized carbons (Fsp3) is 0.200. The molecule has 5 heteroatoms. The molecule has 106 valence electrons. The van der Waals surface area contributed by atoms with Crippen LogP contribution in [0.1, 0.15) is 18.5 Å². The summed E-state index contributed by atoms with van der Waals surface area (Å²) in [6.45, 7) is 1.73. The van der Waals surface area contributed by atoms with Crippen LogP contribution < -0.4 is 10.1 Å². The maximum absolute atomic E-state index is 13.6. The molecular weight excluding hydrogens is 267 g/mol. The van der Waals surface area contributed by atoms with Crippen molar-refractivity contribution in [2.75, 3.05) is 12.4 Å². The van der Waals surface area contributed by atoms with Crippen LogP contribution in [0.3, 0.4) is 0 Å². The van der Waals surface area contributed by atoms with E-state index >= 15 is 0 Å². The van der Waals surface area contributed by atoms with Gasteiger partial charge >= 0.3 is 0 Å². The lowest BCUT2D eigenvalue weighted by Crippen LogP contribution is -2.09. The minimum absolute atomic E-state index is 0.0989. The molecule has 0 bridgehead atoms. The van der Waals surface area contributed by atoms with Crippen molar-refractivity contribution in [2.45, 2.75) is 13.0 Å². The van der Waals surface area contributed by atoms with E-state index in [1.54, 1.807) is 6.92 Å². The molecule has 0 aliphatic rings. The predicted molar refractivity (Wildman–Crippen MR) is 71.3 cm³/mol. The summed E-state index contributed by atoms with van der Waals surface area (Å²) in [5.74, 6) is -1.62. The minimum atomic E-state index is -0.626. The summed E-state index contributed by atoms with van der Waals surface area (Å²) < 4.78 is 44.7. The number of hydrogen-bond donors (Lipinski definition) is 1. The Morgan fingerprint density at radius 1 is 1.00 bits per heavy atom. The molecule has 1 unspecified atom stereocenters. The fourth-order valence-corrected chi connectivity index (χ4v) is 1.93. The van der Waals surface area contributed by atoms with E-state index in [-0.39, 0.29) is 5.75 Å². The van der Waals surface area contributed by atoms with Crippen molar-refractivity contribution in [3.63, 3.8) is 0 Å². The zero-order chi connectivity index (χ0) is 14.7. The molecule has 0 aromatic heterocycles. The van der Waals surface area contributed by atoms with Gasteiger partial charge in [-0.2, -0.15) is 0 Å². The second kappa shape index (κ2) is 5.86. The van der Waals surface area contributed by atoms with E-state index in [0.29, 0.717) is 11.3 Å². The number of halogens is 3. The van der Waals surface area contributed by atoms with Crippen LogP contribution >= 0.6 is 0 Å². The van der Waals surface area contributed by atoms with E-state index < -0.39 is 23.5 Å². The Morgan fingerprint density at radius 3 is 2.40 bits per heavy atom. The summed E-state index contributed by atoms with van der Waals surface area (Å²) >= 11 is 0. The van der Waals surface area contributed by atoms with E-state index in [1.807, 2.05) is 0 Å². The number of ether oxygens (including phenoxy) is 1. The van der Waals surface area contributed by atoms with Crippen molar-refractivity contribution in [2.24, 2.45) is 0 Å². The average Bonchev–Trinajstić information content (AvgIpc) is 2.40. The smallest absolute Gasteiger partial charge is 0.165 e. The quantitative estimate of drug-likeness (QED) is 0.902. The van der Waals surface area contributed by atoms with Gasteiger partial charge in [0.2, 0.25) is 0 Å². The monoisotopic (exact) mass is 281 g/mol. The second-order valence-corrected chi connectivity index (χ2v) is 4.38. The van der Waals surface area contributed by atoms with Gasteiger partial charge in [0, 0.05) is 23.4 Å². The summed E-state index contributed by atoms with van der Waals surface area (Å²) in [4.78, 5) is 0. The zero-order valence-electron chi connectivity index (χ0n) is 11.1. The van der Waals surface area contributed by atoms with Crippen LogP contribution in [0.4, 0.5) is 18.9 Å². The van der Waals surface area contributed by atoms with Crippen molar-refractivity contribution in [3.8, 4) is 5.75 Å². The summed E-state index contributed by atoms with van der Waals surface area (Å²) in [5, 5.41) is 3.01. The molecule has 1 atom stereocenters. The molecular formula is C15H14F3NO. The highest BCUT2D eigenvalue weighted by atomic mass is 19.1. The molecule has 2 rings (SSSR count). The molecule has 0 aliphatic heterocycles. The van der Waals surface area contributed by atoms with Gasteiger partial charge < -0.3 is 10.1 Å². The van der Waals surface area contributed by atoms with E-state index in [1.165, 1.54) is 37.4 Å². The number of anilines is 1. The molecule has 2 nitrogen and oxygen atoms in total. The first kappa shape index (κ1) is 14.2. The number of benzene rings is 2. The summed E-state index contributed by atoms with van der Waals surface area (Å²) in [7, 11) is 1.37. The van der Waals surface area contributed by atoms with Crippen molar-refractivity contribution in [1.82, 2.24) is 0 Å². The van der Waals surface area contributed by atoms with Crippen molar-refractivity contribution in [3.05, 3.63) is 59.4 Å². The Hall–Kier alpha value is -2.17. The molecule has 20 heavy (non-hydrogen) atoms. The van der Waals surface area contributed by atoms with E-state index in [2.05, 4.69) is 5.32 Å². The Morgan fingerprint density at radius 2 is 1.75 bits per heavy atom. The first-order valence-corrected chi connectivity index (χ1v) is 6.06. The van der Waals surface area contributed by atoms with Crippen LogP contribution in [0.2, 0.25) is 0 Å². The molecule has 0 fully saturated rings. The fourth-order valence-electron chi connectivity index (χ4n) is 1.93. The van der Waals surface area contributed by atoms with Gasteiger partial charge in [-0.15, -0.1) is 0 Å². The number of hydrogen-bond acceptors (Lipinski definition) is 2. The second-order valence-electron chi connectivity index (χ2n) is 4.38. The van der Waals surface area contributed by atoms with E-state index in [4.69, 9.17) is 4.74 Å². The Balaban J connectivity index is 2.21. The van der Waals surface area contributed by atoms with Crippen molar-refractivity contribution in [1.29, 1.82) is 0 Å². The third-order valence-electron chi connectivity index (χ3n) is 2.96. The lowest BCUT2D eigenvalue weighted by atomic mass is 10.1. The average molecular weight is 281 g/mol. The summed E-state index contributed by atoms with van der Waals surface area (Å²) in [6, 6.07) is 7.27. The zero-order valence-corrected chi connectivity index (χ0v) is 11.1. The number of methoxy groups -OCH3 is 1. The molecule has 0 heterocycles. The van der Waals surface area contributed by atoms with Gasteiger partial charge in [-0.25, -0.2) is 13.2 Å². The van der Waals surface area contributed by atoms with Crippen LogP contribution in [-0.2, 0) is 0 Å². The lowest BCUT2D eigenvalue weighted by Gasteiger charge is -2.17. The third kappa shape index (κ3) is 3.04. The van der Waals surface area contributed by atoms with E-state index in [0.717, 1.165) is 6.07 Å². The minimum Gasteiger partial charge on any atom is -0.494 e. The van der Waals surface area contributed by atoms with Crippen LogP contribution in [-0.4, -0.2) is 7.11 Å². The molecule has 0 saturated heterocycles. The van der Waals surface area contributed by atoms with Crippen LogP contribution in [0.5, 0.6) is 5.75 Å². The van der Waals surface area contributed by atoms with E-state index in [9.17, 15) is 13.2 Å². The maximum Gasteiger partial charge on any atom is 0.165 e. The molecule has 0 aliphatic carbocycles. The van der Waals surface area contributed by atoms with Gasteiger partial charge in [-0.1, -0.05) is 6.07 Å². The largest absolute Gasteiger partial charge is 0.494 e. The third-order valence-corrected chi connectivity index (χ3v) is 2.96. The standard InChI is InChI=1S/C15H14F3NO/c1-9(12-5-3-10(16)7-14(12)18)19-11-4-6-13(17)15(8-11)20-2/h3-9,19H,1-2H3. The van der Waals surface area contributed by atoms with Crippen molar-refractivity contribution >= 4 is 5.69 Å².